The fourth-order valence-corrected chi connectivity index (χ4v) is 3.21. The van der Waals surface area contributed by atoms with Crippen molar-refractivity contribution in [3.05, 3.63) is 33.1 Å². The van der Waals surface area contributed by atoms with E-state index in [1.54, 1.807) is 14.2 Å². The SMILES string of the molecule is COc1ccc(/C=C2\SC(=S)N(C)C2=O)cc1Br. The molecular formula is C12H10BrNO2S2. The standard InChI is InChI=1S/C12H10BrNO2S2/c1-14-11(15)10(18-12(14)17)6-7-3-4-9(16-2)8(13)5-7/h3-6H,1-2H3/b10-6-. The Kier molecular flexibility index (Phi) is 4.09. The molecule has 1 aromatic carbocycles. The lowest BCUT2D eigenvalue weighted by molar-refractivity contribution is -0.121. The molecule has 94 valence electrons. The van der Waals surface area contributed by atoms with E-state index in [1.165, 1.54) is 16.7 Å². The van der Waals surface area contributed by atoms with Crippen LogP contribution in [0.3, 0.4) is 0 Å². The fraction of sp³-hybridized carbons (Fsp3) is 0.167. The van der Waals surface area contributed by atoms with E-state index in [-0.39, 0.29) is 5.91 Å². The number of nitrogens with zero attached hydrogens (tertiary/aromatic N) is 1. The molecule has 1 saturated heterocycles. The molecule has 0 unspecified atom stereocenters. The molecule has 0 atom stereocenters. The zero-order chi connectivity index (χ0) is 13.3. The maximum Gasteiger partial charge on any atom is 0.265 e. The van der Waals surface area contributed by atoms with Gasteiger partial charge in [-0.3, -0.25) is 9.69 Å². The monoisotopic (exact) mass is 343 g/mol. The van der Waals surface area contributed by atoms with E-state index in [1.807, 2.05) is 24.3 Å². The van der Waals surface area contributed by atoms with Gasteiger partial charge in [-0.15, -0.1) is 0 Å². The highest BCUT2D eigenvalue weighted by atomic mass is 79.9. The molecule has 0 N–H and O–H groups in total. The Morgan fingerprint density at radius 2 is 2.22 bits per heavy atom. The topological polar surface area (TPSA) is 29.5 Å². The Labute approximate surface area is 123 Å². The summed E-state index contributed by atoms with van der Waals surface area (Å²) in [6.45, 7) is 0. The maximum absolute atomic E-state index is 11.8. The summed E-state index contributed by atoms with van der Waals surface area (Å²) >= 11 is 9.80. The van der Waals surface area contributed by atoms with Crippen LogP contribution in [0.5, 0.6) is 5.75 Å². The normalized spacial score (nSPS) is 17.7. The van der Waals surface area contributed by atoms with Gasteiger partial charge < -0.3 is 4.74 Å². The predicted molar refractivity (Wildman–Crippen MR) is 81.6 cm³/mol. The van der Waals surface area contributed by atoms with E-state index in [4.69, 9.17) is 17.0 Å². The van der Waals surface area contributed by atoms with Gasteiger partial charge in [-0.2, -0.15) is 0 Å². The summed E-state index contributed by atoms with van der Waals surface area (Å²) in [6.07, 6.45) is 1.83. The molecule has 6 heteroatoms. The van der Waals surface area contributed by atoms with Gasteiger partial charge in [0.2, 0.25) is 0 Å². The van der Waals surface area contributed by atoms with Crippen molar-refractivity contribution in [2.75, 3.05) is 14.2 Å². The number of benzene rings is 1. The van der Waals surface area contributed by atoms with Crippen molar-refractivity contribution < 1.29 is 9.53 Å². The van der Waals surface area contributed by atoms with Gasteiger partial charge in [0.15, 0.2) is 0 Å². The van der Waals surface area contributed by atoms with Crippen LogP contribution in [0.15, 0.2) is 27.6 Å². The Morgan fingerprint density at radius 3 is 2.72 bits per heavy atom. The summed E-state index contributed by atoms with van der Waals surface area (Å²) in [4.78, 5) is 14.0. The third kappa shape index (κ3) is 2.60. The van der Waals surface area contributed by atoms with Crippen molar-refractivity contribution in [3.63, 3.8) is 0 Å². The first-order valence-electron chi connectivity index (χ1n) is 5.08. The molecule has 0 radical (unpaired) electrons. The number of hydrogen-bond acceptors (Lipinski definition) is 4. The lowest BCUT2D eigenvalue weighted by Gasteiger charge is -2.04. The van der Waals surface area contributed by atoms with Gasteiger partial charge in [0.05, 0.1) is 16.5 Å². The number of halogens is 1. The number of carbonyl (C=O) groups is 1. The second-order valence-electron chi connectivity index (χ2n) is 3.63. The average molecular weight is 344 g/mol. The summed E-state index contributed by atoms with van der Waals surface area (Å²) in [5.74, 6) is 0.701. The zero-order valence-electron chi connectivity index (χ0n) is 9.77. The smallest absolute Gasteiger partial charge is 0.265 e. The number of carbonyl (C=O) groups excluding carboxylic acids is 1. The third-order valence-electron chi connectivity index (χ3n) is 2.46. The highest BCUT2D eigenvalue weighted by Gasteiger charge is 2.28. The van der Waals surface area contributed by atoms with Gasteiger partial charge >= 0.3 is 0 Å². The van der Waals surface area contributed by atoms with Crippen molar-refractivity contribution in [2.24, 2.45) is 0 Å². The molecule has 1 heterocycles. The van der Waals surface area contributed by atoms with Crippen LogP contribution in [-0.4, -0.2) is 29.3 Å². The number of amides is 1. The van der Waals surface area contributed by atoms with Crippen molar-refractivity contribution in [1.29, 1.82) is 0 Å². The lowest BCUT2D eigenvalue weighted by Crippen LogP contribution is -2.22. The second-order valence-corrected chi connectivity index (χ2v) is 6.16. The van der Waals surface area contributed by atoms with E-state index in [9.17, 15) is 4.79 Å². The Hall–Kier alpha value is -0.850. The number of hydrogen-bond donors (Lipinski definition) is 0. The molecule has 1 aliphatic rings. The summed E-state index contributed by atoms with van der Waals surface area (Å²) in [5.41, 5.74) is 0.927. The average Bonchev–Trinajstić information content (AvgIpc) is 2.57. The summed E-state index contributed by atoms with van der Waals surface area (Å²) < 4.78 is 6.59. The summed E-state index contributed by atoms with van der Waals surface area (Å²) in [5, 5.41) is 0. The maximum atomic E-state index is 11.8. The fourth-order valence-electron chi connectivity index (χ4n) is 1.47. The van der Waals surface area contributed by atoms with Crippen LogP contribution in [0.1, 0.15) is 5.56 Å². The molecule has 0 bridgehead atoms. The van der Waals surface area contributed by atoms with E-state index in [0.29, 0.717) is 9.23 Å². The Balaban J connectivity index is 2.32. The third-order valence-corrected chi connectivity index (χ3v) is 4.56. The highest BCUT2D eigenvalue weighted by Crippen LogP contribution is 2.33. The van der Waals surface area contributed by atoms with Crippen LogP contribution < -0.4 is 4.74 Å². The largest absolute Gasteiger partial charge is 0.496 e. The molecule has 3 nitrogen and oxygen atoms in total. The number of methoxy groups -OCH3 is 1. The van der Waals surface area contributed by atoms with Crippen LogP contribution in [-0.2, 0) is 4.79 Å². The van der Waals surface area contributed by atoms with E-state index in [2.05, 4.69) is 15.9 Å². The quantitative estimate of drug-likeness (QED) is 0.608. The number of thioether (sulfide) groups is 1. The summed E-state index contributed by atoms with van der Waals surface area (Å²) in [7, 11) is 3.30. The summed E-state index contributed by atoms with van der Waals surface area (Å²) in [6, 6.07) is 5.65. The first kappa shape index (κ1) is 13.6. The van der Waals surface area contributed by atoms with Gasteiger partial charge in [0.25, 0.3) is 5.91 Å². The molecule has 1 aromatic rings. The molecule has 0 aromatic heterocycles. The molecular weight excluding hydrogens is 334 g/mol. The van der Waals surface area contributed by atoms with Gasteiger partial charge in [-0.25, -0.2) is 0 Å². The second kappa shape index (κ2) is 5.42. The molecule has 1 amide bonds. The minimum Gasteiger partial charge on any atom is -0.496 e. The number of ether oxygens (including phenoxy) is 1. The van der Waals surface area contributed by atoms with Gasteiger partial charge in [-0.05, 0) is 39.7 Å². The predicted octanol–water partition coefficient (Wildman–Crippen LogP) is 3.29. The van der Waals surface area contributed by atoms with Crippen LogP contribution in [0.4, 0.5) is 0 Å². The number of rotatable bonds is 2. The van der Waals surface area contributed by atoms with Gasteiger partial charge in [-0.1, -0.05) is 30.0 Å². The van der Waals surface area contributed by atoms with Crippen LogP contribution in [0.25, 0.3) is 6.08 Å². The molecule has 1 aliphatic heterocycles. The molecule has 18 heavy (non-hydrogen) atoms. The number of likely N-dealkylation sites (N-methyl/N-ethyl adjacent to an activating group) is 1. The lowest BCUT2D eigenvalue weighted by atomic mass is 10.2. The highest BCUT2D eigenvalue weighted by molar-refractivity contribution is 9.10. The number of thiocarbonyl (C=S) groups is 1. The minimum absolute atomic E-state index is 0.0584. The van der Waals surface area contributed by atoms with Crippen molar-refractivity contribution in [3.8, 4) is 5.75 Å². The first-order chi connectivity index (χ1) is 8.52. The Morgan fingerprint density at radius 1 is 1.50 bits per heavy atom. The van der Waals surface area contributed by atoms with Crippen molar-refractivity contribution >= 4 is 56.2 Å². The van der Waals surface area contributed by atoms with E-state index >= 15 is 0 Å². The Bertz CT molecular complexity index is 557. The van der Waals surface area contributed by atoms with Gasteiger partial charge in [0, 0.05) is 7.05 Å². The van der Waals surface area contributed by atoms with Crippen LogP contribution >= 0.6 is 39.9 Å². The molecule has 2 rings (SSSR count). The van der Waals surface area contributed by atoms with Crippen molar-refractivity contribution in [1.82, 2.24) is 4.90 Å². The van der Waals surface area contributed by atoms with Crippen molar-refractivity contribution in [2.45, 2.75) is 0 Å². The zero-order valence-corrected chi connectivity index (χ0v) is 13.0. The molecule has 0 aliphatic carbocycles. The molecule has 0 saturated carbocycles. The minimum atomic E-state index is -0.0584. The van der Waals surface area contributed by atoms with Crippen LogP contribution in [0.2, 0.25) is 0 Å². The van der Waals surface area contributed by atoms with Crippen LogP contribution in [0, 0.1) is 0 Å². The first-order valence-corrected chi connectivity index (χ1v) is 7.10. The molecule has 0 spiro atoms. The van der Waals surface area contributed by atoms with E-state index in [0.717, 1.165) is 15.8 Å². The molecule has 1 fully saturated rings. The van der Waals surface area contributed by atoms with Gasteiger partial charge in [0.1, 0.15) is 10.1 Å². The van der Waals surface area contributed by atoms with E-state index < -0.39 is 0 Å².